The summed E-state index contributed by atoms with van der Waals surface area (Å²) in [6.45, 7) is 3.03. The van der Waals surface area contributed by atoms with E-state index in [4.69, 9.17) is 9.26 Å². The topological polar surface area (TPSA) is 55.6 Å². The fourth-order valence-corrected chi connectivity index (χ4v) is 2.56. The van der Waals surface area contributed by atoms with Gasteiger partial charge in [-0.1, -0.05) is 47.6 Å². The van der Waals surface area contributed by atoms with Crippen LogP contribution >= 0.6 is 0 Å². The number of rotatable bonds is 6. The summed E-state index contributed by atoms with van der Waals surface area (Å²) >= 11 is 0. The van der Waals surface area contributed by atoms with E-state index in [1.165, 1.54) is 0 Å². The van der Waals surface area contributed by atoms with Crippen LogP contribution in [0.1, 0.15) is 23.0 Å². The molecule has 0 aliphatic carbocycles. The van der Waals surface area contributed by atoms with Gasteiger partial charge in [0.05, 0.1) is 7.11 Å². The van der Waals surface area contributed by atoms with Crippen molar-refractivity contribution in [2.24, 2.45) is 0 Å². The second kappa shape index (κ2) is 7.66. The number of methoxy groups -OCH3 is 1. The number of aromatic nitrogens is 1. The highest BCUT2D eigenvalue weighted by molar-refractivity contribution is 5.93. The lowest BCUT2D eigenvalue weighted by molar-refractivity contribution is 0.0742. The highest BCUT2D eigenvalue weighted by Gasteiger charge is 2.19. The number of amides is 1. The molecule has 0 N–H and O–H groups in total. The maximum atomic E-state index is 12.7. The molecule has 5 heteroatoms. The van der Waals surface area contributed by atoms with Crippen LogP contribution in [-0.4, -0.2) is 29.6 Å². The van der Waals surface area contributed by atoms with Crippen LogP contribution < -0.4 is 4.74 Å². The number of carbonyl (C=O) groups excluding carboxylic acids is 1. The van der Waals surface area contributed by atoms with Crippen LogP contribution in [0.15, 0.2) is 65.2 Å². The van der Waals surface area contributed by atoms with Crippen LogP contribution in [0.3, 0.4) is 0 Å². The molecular formula is C20H20N2O3. The molecule has 1 aromatic heterocycles. The zero-order chi connectivity index (χ0) is 17.6. The predicted molar refractivity (Wildman–Crippen MR) is 95.3 cm³/mol. The SMILES string of the molecule is CCN(Cc1ccc(OC)cc1)C(=O)c1cc(-c2ccccc2)on1. The van der Waals surface area contributed by atoms with E-state index in [2.05, 4.69) is 5.16 Å². The molecule has 1 heterocycles. The van der Waals surface area contributed by atoms with Gasteiger partial charge < -0.3 is 14.2 Å². The van der Waals surface area contributed by atoms with E-state index in [1.807, 2.05) is 61.5 Å². The number of carbonyl (C=O) groups is 1. The molecule has 0 atom stereocenters. The minimum absolute atomic E-state index is 0.149. The highest BCUT2D eigenvalue weighted by Crippen LogP contribution is 2.21. The zero-order valence-electron chi connectivity index (χ0n) is 14.3. The Labute approximate surface area is 146 Å². The van der Waals surface area contributed by atoms with E-state index in [9.17, 15) is 4.79 Å². The molecule has 0 fully saturated rings. The lowest BCUT2D eigenvalue weighted by atomic mass is 10.1. The van der Waals surface area contributed by atoms with Crippen LogP contribution in [0.5, 0.6) is 5.75 Å². The summed E-state index contributed by atoms with van der Waals surface area (Å²) in [5, 5.41) is 3.94. The van der Waals surface area contributed by atoms with E-state index in [0.717, 1.165) is 16.9 Å². The van der Waals surface area contributed by atoms with Gasteiger partial charge in [-0.3, -0.25) is 4.79 Å². The number of hydrogen-bond donors (Lipinski definition) is 0. The Morgan fingerprint density at radius 2 is 1.84 bits per heavy atom. The van der Waals surface area contributed by atoms with Crippen LogP contribution in [-0.2, 0) is 6.54 Å². The number of hydrogen-bond acceptors (Lipinski definition) is 4. The molecule has 3 rings (SSSR count). The van der Waals surface area contributed by atoms with Crippen molar-refractivity contribution in [2.75, 3.05) is 13.7 Å². The minimum atomic E-state index is -0.149. The molecule has 0 radical (unpaired) electrons. The van der Waals surface area contributed by atoms with Crippen molar-refractivity contribution < 1.29 is 14.1 Å². The van der Waals surface area contributed by atoms with Gasteiger partial charge >= 0.3 is 0 Å². The van der Waals surface area contributed by atoms with Gasteiger partial charge in [-0.2, -0.15) is 0 Å². The molecule has 3 aromatic rings. The Hall–Kier alpha value is -3.08. The standard InChI is InChI=1S/C20H20N2O3/c1-3-22(14-15-9-11-17(24-2)12-10-15)20(23)18-13-19(25-21-18)16-7-5-4-6-8-16/h4-13H,3,14H2,1-2H3. The van der Waals surface area contributed by atoms with Gasteiger partial charge in [0.2, 0.25) is 0 Å². The maximum Gasteiger partial charge on any atom is 0.276 e. The molecular weight excluding hydrogens is 316 g/mol. The lowest BCUT2D eigenvalue weighted by Gasteiger charge is -2.19. The van der Waals surface area contributed by atoms with Crippen LogP contribution in [0, 0.1) is 0 Å². The van der Waals surface area contributed by atoms with Crippen LogP contribution in [0.25, 0.3) is 11.3 Å². The van der Waals surface area contributed by atoms with E-state index < -0.39 is 0 Å². The maximum absolute atomic E-state index is 12.7. The molecule has 0 saturated heterocycles. The van der Waals surface area contributed by atoms with Gasteiger partial charge in [0.15, 0.2) is 11.5 Å². The Kier molecular flexibility index (Phi) is 5.14. The van der Waals surface area contributed by atoms with Crippen molar-refractivity contribution in [3.8, 4) is 17.1 Å². The molecule has 0 saturated carbocycles. The van der Waals surface area contributed by atoms with Gasteiger partial charge in [0.1, 0.15) is 5.75 Å². The van der Waals surface area contributed by atoms with E-state index in [1.54, 1.807) is 18.1 Å². The normalized spacial score (nSPS) is 10.5. The Morgan fingerprint density at radius 3 is 2.48 bits per heavy atom. The molecule has 0 unspecified atom stereocenters. The molecule has 5 nitrogen and oxygen atoms in total. The zero-order valence-corrected chi connectivity index (χ0v) is 14.3. The summed E-state index contributed by atoms with van der Waals surface area (Å²) in [7, 11) is 1.63. The van der Waals surface area contributed by atoms with Gasteiger partial charge in [-0.05, 0) is 24.6 Å². The summed E-state index contributed by atoms with van der Waals surface area (Å²) in [6, 6.07) is 19.0. The van der Waals surface area contributed by atoms with E-state index in [0.29, 0.717) is 24.5 Å². The Balaban J connectivity index is 1.74. The van der Waals surface area contributed by atoms with Crippen molar-refractivity contribution in [1.29, 1.82) is 0 Å². The van der Waals surface area contributed by atoms with Crippen molar-refractivity contribution in [3.63, 3.8) is 0 Å². The first-order valence-corrected chi connectivity index (χ1v) is 8.15. The first kappa shape index (κ1) is 16.8. The third-order valence-electron chi connectivity index (χ3n) is 3.99. The van der Waals surface area contributed by atoms with Gasteiger partial charge in [-0.25, -0.2) is 0 Å². The first-order chi connectivity index (χ1) is 12.2. The van der Waals surface area contributed by atoms with E-state index in [-0.39, 0.29) is 5.91 Å². The highest BCUT2D eigenvalue weighted by atomic mass is 16.5. The summed E-state index contributed by atoms with van der Waals surface area (Å²) in [5.41, 5.74) is 2.24. The first-order valence-electron chi connectivity index (χ1n) is 8.15. The average Bonchev–Trinajstić information content (AvgIpc) is 3.17. The second-order valence-electron chi connectivity index (χ2n) is 5.61. The molecule has 0 aliphatic heterocycles. The molecule has 2 aromatic carbocycles. The van der Waals surface area contributed by atoms with E-state index >= 15 is 0 Å². The van der Waals surface area contributed by atoms with Crippen molar-refractivity contribution in [1.82, 2.24) is 10.1 Å². The molecule has 1 amide bonds. The molecule has 0 spiro atoms. The number of nitrogens with zero attached hydrogens (tertiary/aromatic N) is 2. The quantitative estimate of drug-likeness (QED) is 0.682. The predicted octanol–water partition coefficient (Wildman–Crippen LogP) is 4.01. The molecule has 128 valence electrons. The molecule has 0 bridgehead atoms. The summed E-state index contributed by atoms with van der Waals surface area (Å²) in [5.74, 6) is 1.23. The largest absolute Gasteiger partial charge is 0.497 e. The van der Waals surface area contributed by atoms with Crippen molar-refractivity contribution in [2.45, 2.75) is 13.5 Å². The monoisotopic (exact) mass is 336 g/mol. The average molecular weight is 336 g/mol. The smallest absolute Gasteiger partial charge is 0.276 e. The second-order valence-corrected chi connectivity index (χ2v) is 5.61. The fraction of sp³-hybridized carbons (Fsp3) is 0.200. The third-order valence-corrected chi connectivity index (χ3v) is 3.99. The van der Waals surface area contributed by atoms with Gasteiger partial charge in [0.25, 0.3) is 5.91 Å². The summed E-state index contributed by atoms with van der Waals surface area (Å²) < 4.78 is 10.5. The van der Waals surface area contributed by atoms with Crippen LogP contribution in [0.4, 0.5) is 0 Å². The minimum Gasteiger partial charge on any atom is -0.497 e. The summed E-state index contributed by atoms with van der Waals surface area (Å²) in [6.07, 6.45) is 0. The lowest BCUT2D eigenvalue weighted by Crippen LogP contribution is -2.30. The number of ether oxygens (including phenoxy) is 1. The third kappa shape index (κ3) is 3.88. The van der Waals surface area contributed by atoms with Gasteiger partial charge in [0, 0.05) is 24.7 Å². The Morgan fingerprint density at radius 1 is 1.12 bits per heavy atom. The van der Waals surface area contributed by atoms with Crippen LogP contribution in [0.2, 0.25) is 0 Å². The van der Waals surface area contributed by atoms with Crippen molar-refractivity contribution >= 4 is 5.91 Å². The number of benzene rings is 2. The molecule has 25 heavy (non-hydrogen) atoms. The van der Waals surface area contributed by atoms with Gasteiger partial charge in [-0.15, -0.1) is 0 Å². The summed E-state index contributed by atoms with van der Waals surface area (Å²) in [4.78, 5) is 14.5. The molecule has 0 aliphatic rings. The van der Waals surface area contributed by atoms with Crippen molar-refractivity contribution in [3.05, 3.63) is 71.9 Å². The Bertz CT molecular complexity index is 826. The fourth-order valence-electron chi connectivity index (χ4n) is 2.56.